The lowest BCUT2D eigenvalue weighted by atomic mass is 10.1. The van der Waals surface area contributed by atoms with Gasteiger partial charge in [0.25, 0.3) is 0 Å². The van der Waals surface area contributed by atoms with Crippen LogP contribution in [0.15, 0.2) is 24.3 Å². The molecule has 5 nitrogen and oxygen atoms in total. The number of rotatable bonds is 4. The fourth-order valence-electron chi connectivity index (χ4n) is 1.63. The third-order valence-corrected chi connectivity index (χ3v) is 2.86. The predicted octanol–water partition coefficient (Wildman–Crippen LogP) is 2.14. The number of nitrogens with zero attached hydrogens (tertiary/aromatic N) is 2. The van der Waals surface area contributed by atoms with Gasteiger partial charge in [0, 0.05) is 5.56 Å². The van der Waals surface area contributed by atoms with Crippen LogP contribution in [-0.2, 0) is 0 Å². The second kappa shape index (κ2) is 5.18. The van der Waals surface area contributed by atoms with Crippen LogP contribution in [0.2, 0.25) is 0 Å². The lowest BCUT2D eigenvalue weighted by Crippen LogP contribution is -2.18. The average Bonchev–Trinajstić information content (AvgIpc) is 2.87. The lowest BCUT2D eigenvalue weighted by Gasteiger charge is -2.11. The molecule has 0 aliphatic rings. The lowest BCUT2D eigenvalue weighted by molar-refractivity contribution is 0.415. The number of nitrogens with one attached hydrogen (secondary N) is 1. The molecule has 0 amide bonds. The van der Waals surface area contributed by atoms with Crippen molar-refractivity contribution in [3.63, 3.8) is 0 Å². The van der Waals surface area contributed by atoms with Crippen molar-refractivity contribution in [1.29, 1.82) is 0 Å². The number of nitrogens with two attached hydrogens (primary N) is 1. The third-order valence-electron chi connectivity index (χ3n) is 2.86. The zero-order valence-electron chi connectivity index (χ0n) is 10.8. The maximum absolute atomic E-state index is 6.03. The SMILES string of the molecule is COc1cccc(-c2n[nH]c([C@H](N)C(C)C)n2)c1. The van der Waals surface area contributed by atoms with E-state index in [4.69, 9.17) is 10.5 Å². The van der Waals surface area contributed by atoms with Gasteiger partial charge < -0.3 is 10.5 Å². The summed E-state index contributed by atoms with van der Waals surface area (Å²) in [5.74, 6) is 2.45. The highest BCUT2D eigenvalue weighted by atomic mass is 16.5. The van der Waals surface area contributed by atoms with Crippen molar-refractivity contribution in [3.05, 3.63) is 30.1 Å². The summed E-state index contributed by atoms with van der Waals surface area (Å²) >= 11 is 0. The number of H-pyrrole nitrogens is 1. The van der Waals surface area contributed by atoms with Crippen LogP contribution in [0.5, 0.6) is 5.75 Å². The Labute approximate surface area is 106 Å². The largest absolute Gasteiger partial charge is 0.497 e. The smallest absolute Gasteiger partial charge is 0.181 e. The Morgan fingerprint density at radius 1 is 1.33 bits per heavy atom. The van der Waals surface area contributed by atoms with E-state index in [2.05, 4.69) is 29.0 Å². The Kier molecular flexibility index (Phi) is 3.62. The molecule has 0 fully saturated rings. The van der Waals surface area contributed by atoms with E-state index < -0.39 is 0 Å². The maximum Gasteiger partial charge on any atom is 0.181 e. The van der Waals surface area contributed by atoms with E-state index in [-0.39, 0.29) is 6.04 Å². The van der Waals surface area contributed by atoms with Gasteiger partial charge in [-0.15, -0.1) is 0 Å². The minimum Gasteiger partial charge on any atom is -0.497 e. The number of benzene rings is 1. The molecule has 5 heteroatoms. The molecule has 0 saturated heterocycles. The minimum absolute atomic E-state index is 0.128. The van der Waals surface area contributed by atoms with E-state index in [0.29, 0.717) is 17.6 Å². The standard InChI is InChI=1S/C13H18N4O/c1-8(2)11(14)13-15-12(16-17-13)9-5-4-6-10(7-9)18-3/h4-8,11H,14H2,1-3H3,(H,15,16,17)/t11-/m1/s1. The summed E-state index contributed by atoms with van der Waals surface area (Å²) in [6, 6.07) is 7.50. The molecule has 1 heterocycles. The topological polar surface area (TPSA) is 76.8 Å². The van der Waals surface area contributed by atoms with Crippen LogP contribution in [0, 0.1) is 5.92 Å². The molecule has 3 N–H and O–H groups in total. The fraction of sp³-hybridized carbons (Fsp3) is 0.385. The van der Waals surface area contributed by atoms with Crippen LogP contribution in [0.3, 0.4) is 0 Å². The molecule has 0 unspecified atom stereocenters. The van der Waals surface area contributed by atoms with Crippen molar-refractivity contribution in [3.8, 4) is 17.1 Å². The van der Waals surface area contributed by atoms with Gasteiger partial charge in [-0.3, -0.25) is 5.10 Å². The minimum atomic E-state index is -0.128. The van der Waals surface area contributed by atoms with Gasteiger partial charge in [-0.05, 0) is 18.1 Å². The molecule has 1 aromatic carbocycles. The molecule has 1 aromatic heterocycles. The van der Waals surface area contributed by atoms with Gasteiger partial charge in [0.15, 0.2) is 5.82 Å². The van der Waals surface area contributed by atoms with E-state index in [0.717, 1.165) is 11.3 Å². The van der Waals surface area contributed by atoms with E-state index in [1.807, 2.05) is 24.3 Å². The molecular weight excluding hydrogens is 228 g/mol. The normalized spacial score (nSPS) is 12.7. The summed E-state index contributed by atoms with van der Waals surface area (Å²) in [5.41, 5.74) is 6.94. The first-order valence-corrected chi connectivity index (χ1v) is 5.94. The molecule has 2 rings (SSSR count). The predicted molar refractivity (Wildman–Crippen MR) is 70.1 cm³/mol. The molecule has 0 saturated carbocycles. The third kappa shape index (κ3) is 2.51. The molecule has 18 heavy (non-hydrogen) atoms. The molecule has 0 spiro atoms. The first kappa shape index (κ1) is 12.6. The Morgan fingerprint density at radius 2 is 2.11 bits per heavy atom. The number of ether oxygens (including phenoxy) is 1. The number of hydrogen-bond acceptors (Lipinski definition) is 4. The number of aromatic nitrogens is 3. The van der Waals surface area contributed by atoms with Crippen LogP contribution in [-0.4, -0.2) is 22.3 Å². The Balaban J connectivity index is 2.29. The van der Waals surface area contributed by atoms with E-state index in [1.165, 1.54) is 0 Å². The molecule has 0 aliphatic heterocycles. The summed E-state index contributed by atoms with van der Waals surface area (Å²) in [6.07, 6.45) is 0. The van der Waals surface area contributed by atoms with Crippen molar-refractivity contribution in [2.45, 2.75) is 19.9 Å². The number of aromatic amines is 1. The van der Waals surface area contributed by atoms with Gasteiger partial charge in [-0.1, -0.05) is 26.0 Å². The van der Waals surface area contributed by atoms with Crippen molar-refractivity contribution in [1.82, 2.24) is 15.2 Å². The van der Waals surface area contributed by atoms with Crippen molar-refractivity contribution >= 4 is 0 Å². The van der Waals surface area contributed by atoms with Gasteiger partial charge in [-0.25, -0.2) is 4.98 Å². The molecule has 2 aromatic rings. The summed E-state index contributed by atoms with van der Waals surface area (Å²) in [7, 11) is 1.64. The van der Waals surface area contributed by atoms with E-state index >= 15 is 0 Å². The summed E-state index contributed by atoms with van der Waals surface area (Å²) in [4.78, 5) is 4.43. The maximum atomic E-state index is 6.03. The first-order valence-electron chi connectivity index (χ1n) is 5.94. The highest BCUT2D eigenvalue weighted by Crippen LogP contribution is 2.22. The Bertz CT molecular complexity index is 521. The number of hydrogen-bond donors (Lipinski definition) is 2. The van der Waals surface area contributed by atoms with Crippen LogP contribution >= 0.6 is 0 Å². The highest BCUT2D eigenvalue weighted by Gasteiger charge is 2.15. The van der Waals surface area contributed by atoms with Gasteiger partial charge in [0.05, 0.1) is 13.2 Å². The second-order valence-corrected chi connectivity index (χ2v) is 4.55. The molecule has 0 radical (unpaired) electrons. The summed E-state index contributed by atoms with van der Waals surface area (Å²) < 4.78 is 5.18. The zero-order valence-corrected chi connectivity index (χ0v) is 10.8. The van der Waals surface area contributed by atoms with Gasteiger partial charge in [-0.2, -0.15) is 5.10 Å². The molecule has 1 atom stereocenters. The van der Waals surface area contributed by atoms with E-state index in [1.54, 1.807) is 7.11 Å². The zero-order chi connectivity index (χ0) is 13.1. The van der Waals surface area contributed by atoms with Crippen LogP contribution in [0.25, 0.3) is 11.4 Å². The second-order valence-electron chi connectivity index (χ2n) is 4.55. The van der Waals surface area contributed by atoms with Crippen molar-refractivity contribution < 1.29 is 4.74 Å². The van der Waals surface area contributed by atoms with E-state index in [9.17, 15) is 0 Å². The highest BCUT2D eigenvalue weighted by molar-refractivity contribution is 5.57. The fourth-order valence-corrected chi connectivity index (χ4v) is 1.63. The molecule has 0 bridgehead atoms. The quantitative estimate of drug-likeness (QED) is 0.866. The number of methoxy groups -OCH3 is 1. The molecular formula is C13H18N4O. The van der Waals surface area contributed by atoms with Crippen LogP contribution in [0.1, 0.15) is 25.7 Å². The molecule has 96 valence electrons. The van der Waals surface area contributed by atoms with Crippen LogP contribution < -0.4 is 10.5 Å². The van der Waals surface area contributed by atoms with Crippen LogP contribution in [0.4, 0.5) is 0 Å². The van der Waals surface area contributed by atoms with Gasteiger partial charge >= 0.3 is 0 Å². The van der Waals surface area contributed by atoms with Crippen molar-refractivity contribution in [2.24, 2.45) is 11.7 Å². The Morgan fingerprint density at radius 3 is 2.78 bits per heavy atom. The summed E-state index contributed by atoms with van der Waals surface area (Å²) in [5, 5.41) is 7.09. The summed E-state index contributed by atoms with van der Waals surface area (Å²) in [6.45, 7) is 4.11. The van der Waals surface area contributed by atoms with Gasteiger partial charge in [0.1, 0.15) is 11.6 Å². The average molecular weight is 246 g/mol. The monoisotopic (exact) mass is 246 g/mol. The molecule has 0 aliphatic carbocycles. The van der Waals surface area contributed by atoms with Gasteiger partial charge in [0.2, 0.25) is 0 Å². The first-order chi connectivity index (χ1) is 8.61. The Hall–Kier alpha value is -1.88. The van der Waals surface area contributed by atoms with Crippen molar-refractivity contribution in [2.75, 3.05) is 7.11 Å².